The number of aromatic nitrogens is 2. The molecular formula is C13H16N4O2. The molecule has 0 N–H and O–H groups in total. The number of anilines is 1. The van der Waals surface area contributed by atoms with Gasteiger partial charge in [-0.2, -0.15) is 5.10 Å². The van der Waals surface area contributed by atoms with Crippen molar-refractivity contribution in [3.8, 4) is 0 Å². The van der Waals surface area contributed by atoms with Crippen LogP contribution in [0.25, 0.3) is 0 Å². The maximum absolute atomic E-state index is 11.1. The first kappa shape index (κ1) is 13.1. The van der Waals surface area contributed by atoms with Crippen molar-refractivity contribution in [2.24, 2.45) is 0 Å². The van der Waals surface area contributed by atoms with Crippen LogP contribution in [0.2, 0.25) is 0 Å². The Hall–Kier alpha value is -2.37. The lowest BCUT2D eigenvalue weighted by Gasteiger charge is -2.13. The third kappa shape index (κ3) is 2.57. The molecule has 0 amide bonds. The molecule has 1 heterocycles. The third-order valence-electron chi connectivity index (χ3n) is 2.85. The maximum Gasteiger partial charge on any atom is 0.333 e. The molecule has 2 aromatic rings. The fraction of sp³-hybridized carbons (Fsp3) is 0.308. The summed E-state index contributed by atoms with van der Waals surface area (Å²) in [4.78, 5) is 12.5. The lowest BCUT2D eigenvalue weighted by atomic mass is 10.2. The fourth-order valence-electron chi connectivity index (χ4n) is 2.08. The molecule has 0 saturated carbocycles. The zero-order chi connectivity index (χ0) is 14.0. The lowest BCUT2D eigenvalue weighted by Crippen LogP contribution is -2.16. The zero-order valence-electron chi connectivity index (χ0n) is 11.2. The van der Waals surface area contributed by atoms with E-state index < -0.39 is 0 Å². The summed E-state index contributed by atoms with van der Waals surface area (Å²) < 4.78 is 1.67. The Kier molecular flexibility index (Phi) is 3.50. The number of nitro groups is 1. The number of rotatable bonds is 4. The molecule has 1 aromatic carbocycles. The van der Waals surface area contributed by atoms with E-state index in [2.05, 4.69) is 5.10 Å². The van der Waals surface area contributed by atoms with E-state index in [4.69, 9.17) is 0 Å². The number of benzene rings is 1. The molecule has 0 radical (unpaired) electrons. The topological polar surface area (TPSA) is 64.2 Å². The predicted octanol–water partition coefficient (Wildman–Crippen LogP) is 2.21. The summed E-state index contributed by atoms with van der Waals surface area (Å²) in [6.07, 6.45) is 0. The highest BCUT2D eigenvalue weighted by Gasteiger charge is 2.26. The lowest BCUT2D eigenvalue weighted by molar-refractivity contribution is -0.384. The van der Waals surface area contributed by atoms with Crippen LogP contribution in [0.5, 0.6) is 0 Å². The number of hydrogen-bond acceptors (Lipinski definition) is 4. The summed E-state index contributed by atoms with van der Waals surface area (Å²) in [5.74, 6) is 0.520. The average Bonchev–Trinajstić information content (AvgIpc) is 2.67. The normalized spacial score (nSPS) is 10.5. The summed E-state index contributed by atoms with van der Waals surface area (Å²) in [5.41, 5.74) is 1.56. The van der Waals surface area contributed by atoms with Crippen molar-refractivity contribution in [3.63, 3.8) is 0 Å². The van der Waals surface area contributed by atoms with Crippen LogP contribution in [0.3, 0.4) is 0 Å². The fourth-order valence-corrected chi connectivity index (χ4v) is 2.08. The van der Waals surface area contributed by atoms with Gasteiger partial charge in [0.25, 0.3) is 0 Å². The van der Waals surface area contributed by atoms with E-state index in [1.807, 2.05) is 30.3 Å². The third-order valence-corrected chi connectivity index (χ3v) is 2.85. The van der Waals surface area contributed by atoms with Gasteiger partial charge in [-0.15, -0.1) is 0 Å². The molecule has 100 valence electrons. The SMILES string of the molecule is Cc1nn(Cc2ccccc2)c(N(C)C)c1[N+](=O)[O-]. The Morgan fingerprint density at radius 3 is 2.47 bits per heavy atom. The minimum Gasteiger partial charge on any atom is -0.357 e. The molecule has 0 fully saturated rings. The monoisotopic (exact) mass is 260 g/mol. The van der Waals surface area contributed by atoms with Gasteiger partial charge in [0.05, 0.1) is 11.5 Å². The van der Waals surface area contributed by atoms with Crippen LogP contribution in [0.4, 0.5) is 11.5 Å². The van der Waals surface area contributed by atoms with Gasteiger partial charge in [-0.1, -0.05) is 30.3 Å². The number of hydrogen-bond donors (Lipinski definition) is 0. The summed E-state index contributed by atoms with van der Waals surface area (Å²) in [6.45, 7) is 2.18. The maximum atomic E-state index is 11.1. The summed E-state index contributed by atoms with van der Waals surface area (Å²) in [6, 6.07) is 9.77. The van der Waals surface area contributed by atoms with E-state index in [1.54, 1.807) is 30.6 Å². The average molecular weight is 260 g/mol. The molecular weight excluding hydrogens is 244 g/mol. The van der Waals surface area contributed by atoms with Crippen molar-refractivity contribution in [2.75, 3.05) is 19.0 Å². The van der Waals surface area contributed by atoms with Gasteiger partial charge < -0.3 is 4.90 Å². The van der Waals surface area contributed by atoms with Gasteiger partial charge in [-0.05, 0) is 12.5 Å². The van der Waals surface area contributed by atoms with Crippen LogP contribution in [-0.2, 0) is 6.54 Å². The van der Waals surface area contributed by atoms with Crippen molar-refractivity contribution >= 4 is 11.5 Å². The highest BCUT2D eigenvalue weighted by Crippen LogP contribution is 2.30. The molecule has 0 saturated heterocycles. The molecule has 0 aliphatic carbocycles. The second-order valence-electron chi connectivity index (χ2n) is 4.55. The van der Waals surface area contributed by atoms with Crippen LogP contribution in [0.15, 0.2) is 30.3 Å². The van der Waals surface area contributed by atoms with E-state index in [0.717, 1.165) is 5.56 Å². The highest BCUT2D eigenvalue weighted by atomic mass is 16.6. The quantitative estimate of drug-likeness (QED) is 0.624. The predicted molar refractivity (Wildman–Crippen MR) is 73.5 cm³/mol. The highest BCUT2D eigenvalue weighted by molar-refractivity contribution is 5.60. The van der Waals surface area contributed by atoms with Gasteiger partial charge in [0, 0.05) is 14.1 Å². The first-order chi connectivity index (χ1) is 9.00. The van der Waals surface area contributed by atoms with E-state index >= 15 is 0 Å². The largest absolute Gasteiger partial charge is 0.357 e. The Morgan fingerprint density at radius 1 is 1.32 bits per heavy atom. The zero-order valence-corrected chi connectivity index (χ0v) is 11.2. The minimum atomic E-state index is -0.376. The van der Waals surface area contributed by atoms with Crippen molar-refractivity contribution < 1.29 is 4.92 Å². The van der Waals surface area contributed by atoms with Gasteiger partial charge in [-0.3, -0.25) is 10.1 Å². The smallest absolute Gasteiger partial charge is 0.333 e. The molecule has 0 atom stereocenters. The minimum absolute atomic E-state index is 0.0703. The van der Waals surface area contributed by atoms with Crippen LogP contribution in [0, 0.1) is 17.0 Å². The summed E-state index contributed by atoms with van der Waals surface area (Å²) >= 11 is 0. The molecule has 19 heavy (non-hydrogen) atoms. The van der Waals surface area contributed by atoms with Crippen LogP contribution < -0.4 is 4.90 Å². The van der Waals surface area contributed by atoms with Gasteiger partial charge in [-0.25, -0.2) is 4.68 Å². The Bertz CT molecular complexity index is 590. The molecule has 2 rings (SSSR count). The molecule has 6 nitrogen and oxygen atoms in total. The van der Waals surface area contributed by atoms with Crippen LogP contribution in [0.1, 0.15) is 11.3 Å². The van der Waals surface area contributed by atoms with Crippen molar-refractivity contribution in [1.29, 1.82) is 0 Å². The van der Waals surface area contributed by atoms with Crippen LogP contribution in [-0.4, -0.2) is 28.8 Å². The standard InChI is InChI=1S/C13H16N4O2/c1-10-12(17(18)19)13(15(2)3)16(14-10)9-11-7-5-4-6-8-11/h4-8H,9H2,1-3H3. The second-order valence-corrected chi connectivity index (χ2v) is 4.55. The molecule has 0 bridgehead atoms. The Morgan fingerprint density at radius 2 is 1.95 bits per heavy atom. The molecule has 1 aromatic heterocycles. The first-order valence-corrected chi connectivity index (χ1v) is 5.93. The molecule has 0 unspecified atom stereocenters. The Labute approximate surface area is 111 Å². The van der Waals surface area contributed by atoms with Gasteiger partial charge in [0.2, 0.25) is 5.82 Å². The van der Waals surface area contributed by atoms with E-state index in [9.17, 15) is 10.1 Å². The van der Waals surface area contributed by atoms with E-state index in [0.29, 0.717) is 18.1 Å². The Balaban J connectivity index is 2.46. The number of nitrogens with zero attached hydrogens (tertiary/aromatic N) is 4. The summed E-state index contributed by atoms with van der Waals surface area (Å²) in [7, 11) is 3.57. The number of aryl methyl sites for hydroxylation is 1. The molecule has 0 aliphatic heterocycles. The van der Waals surface area contributed by atoms with Crippen molar-refractivity contribution in [2.45, 2.75) is 13.5 Å². The molecule has 0 aliphatic rings. The van der Waals surface area contributed by atoms with Gasteiger partial charge >= 0.3 is 5.69 Å². The second kappa shape index (κ2) is 5.09. The first-order valence-electron chi connectivity index (χ1n) is 5.93. The van der Waals surface area contributed by atoms with Crippen molar-refractivity contribution in [3.05, 3.63) is 51.7 Å². The molecule has 0 spiro atoms. The summed E-state index contributed by atoms with van der Waals surface area (Å²) in [5, 5.41) is 15.4. The van der Waals surface area contributed by atoms with Crippen LogP contribution >= 0.6 is 0 Å². The van der Waals surface area contributed by atoms with Gasteiger partial charge in [0.15, 0.2) is 0 Å². The van der Waals surface area contributed by atoms with E-state index in [1.165, 1.54) is 0 Å². The van der Waals surface area contributed by atoms with Gasteiger partial charge in [0.1, 0.15) is 5.69 Å². The van der Waals surface area contributed by atoms with Crippen molar-refractivity contribution in [1.82, 2.24) is 9.78 Å². The van der Waals surface area contributed by atoms with E-state index in [-0.39, 0.29) is 10.6 Å². The molecule has 6 heteroatoms.